The molecule has 0 saturated heterocycles. The highest BCUT2D eigenvalue weighted by molar-refractivity contribution is 5.49. The fourth-order valence-corrected chi connectivity index (χ4v) is 2.83. The Labute approximate surface area is 113 Å². The van der Waals surface area contributed by atoms with Crippen LogP contribution in [0.2, 0.25) is 0 Å². The average molecular weight is 263 g/mol. The summed E-state index contributed by atoms with van der Waals surface area (Å²) >= 11 is 0. The zero-order valence-electron chi connectivity index (χ0n) is 11.3. The summed E-state index contributed by atoms with van der Waals surface area (Å²) in [6.07, 6.45) is 4.80. The minimum atomic E-state index is 0.0364. The molecule has 1 saturated carbocycles. The second-order valence-corrected chi connectivity index (χ2v) is 5.74. The largest absolute Gasteiger partial charge is 0.504 e. The van der Waals surface area contributed by atoms with Gasteiger partial charge in [0.25, 0.3) is 0 Å². The lowest BCUT2D eigenvalue weighted by molar-refractivity contribution is 0.0594. The minimum absolute atomic E-state index is 0.0364. The van der Waals surface area contributed by atoms with Crippen LogP contribution >= 0.6 is 0 Å². The summed E-state index contributed by atoms with van der Waals surface area (Å²) in [4.78, 5) is 0. The molecule has 0 spiro atoms. The molecule has 0 amide bonds. The first kappa shape index (κ1) is 12.8. The van der Waals surface area contributed by atoms with Crippen molar-refractivity contribution in [1.29, 1.82) is 0 Å². The molecule has 4 nitrogen and oxygen atoms in total. The van der Waals surface area contributed by atoms with Crippen molar-refractivity contribution in [1.82, 2.24) is 0 Å². The second-order valence-electron chi connectivity index (χ2n) is 5.74. The van der Waals surface area contributed by atoms with Crippen LogP contribution in [-0.4, -0.2) is 30.5 Å². The second kappa shape index (κ2) is 4.69. The summed E-state index contributed by atoms with van der Waals surface area (Å²) in [7, 11) is 1.75. The normalized spacial score (nSPS) is 23.2. The van der Waals surface area contributed by atoms with Crippen molar-refractivity contribution in [3.8, 4) is 11.5 Å². The van der Waals surface area contributed by atoms with E-state index in [1.165, 1.54) is 5.56 Å². The van der Waals surface area contributed by atoms with Crippen molar-refractivity contribution in [2.75, 3.05) is 13.7 Å². The van der Waals surface area contributed by atoms with Crippen LogP contribution in [0.3, 0.4) is 0 Å². The van der Waals surface area contributed by atoms with Gasteiger partial charge in [0.15, 0.2) is 11.5 Å². The third-order valence-corrected chi connectivity index (χ3v) is 4.30. The Bertz CT molecular complexity index is 483. The maximum atomic E-state index is 9.97. The van der Waals surface area contributed by atoms with Gasteiger partial charge < -0.3 is 20.3 Å². The van der Waals surface area contributed by atoms with Crippen LogP contribution in [0.25, 0.3) is 0 Å². The fraction of sp³-hybridized carbons (Fsp3) is 0.600. The molecular formula is C15H21NO3. The topological polar surface area (TPSA) is 64.7 Å². The number of aromatic hydroxyl groups is 1. The first-order valence-corrected chi connectivity index (χ1v) is 6.90. The van der Waals surface area contributed by atoms with E-state index < -0.39 is 0 Å². The van der Waals surface area contributed by atoms with Crippen molar-refractivity contribution < 1.29 is 14.6 Å². The van der Waals surface area contributed by atoms with E-state index in [0.29, 0.717) is 12.4 Å². The van der Waals surface area contributed by atoms with Gasteiger partial charge in [-0.15, -0.1) is 0 Å². The lowest BCUT2D eigenvalue weighted by Crippen LogP contribution is -2.19. The van der Waals surface area contributed by atoms with E-state index in [-0.39, 0.29) is 17.4 Å². The number of nitrogens with two attached hydrogens (primary N) is 1. The zero-order valence-corrected chi connectivity index (χ0v) is 11.3. The number of methoxy groups -OCH3 is 1. The number of hydrogen-bond acceptors (Lipinski definition) is 4. The SMILES string of the molecule is COC1(CCOc2cc3c(cc2O)CC(N)C3)CC1. The molecule has 3 rings (SSSR count). The average Bonchev–Trinajstić information content (AvgIpc) is 3.06. The molecule has 2 aliphatic rings. The standard InChI is InChI=1S/C15H21NO3/c1-18-15(2-3-15)4-5-19-14-9-11-7-12(16)6-10(11)8-13(14)17/h8-9,12,17H,2-7,16H2,1H3. The quantitative estimate of drug-likeness (QED) is 0.849. The number of hydrogen-bond donors (Lipinski definition) is 2. The molecule has 0 heterocycles. The highest BCUT2D eigenvalue weighted by atomic mass is 16.5. The Morgan fingerprint density at radius 1 is 1.32 bits per heavy atom. The van der Waals surface area contributed by atoms with E-state index in [9.17, 15) is 5.11 Å². The number of phenolic OH excluding ortho intramolecular Hbond substituents is 1. The van der Waals surface area contributed by atoms with E-state index in [1.807, 2.05) is 6.07 Å². The van der Waals surface area contributed by atoms with Crippen LogP contribution in [0.1, 0.15) is 30.4 Å². The molecule has 2 aliphatic carbocycles. The van der Waals surface area contributed by atoms with Gasteiger partial charge in [-0.05, 0) is 48.9 Å². The molecule has 104 valence electrons. The molecule has 0 aromatic heterocycles. The third kappa shape index (κ3) is 2.55. The molecular weight excluding hydrogens is 242 g/mol. The highest BCUT2D eigenvalue weighted by Crippen LogP contribution is 2.42. The molecule has 1 fully saturated rings. The molecule has 1 atom stereocenters. The van der Waals surface area contributed by atoms with Crippen LogP contribution in [0, 0.1) is 0 Å². The highest BCUT2D eigenvalue weighted by Gasteiger charge is 2.42. The van der Waals surface area contributed by atoms with Gasteiger partial charge in [-0.2, -0.15) is 0 Å². The van der Waals surface area contributed by atoms with Crippen molar-refractivity contribution in [2.24, 2.45) is 5.73 Å². The molecule has 3 N–H and O–H groups in total. The van der Waals surface area contributed by atoms with Crippen LogP contribution in [-0.2, 0) is 17.6 Å². The number of fused-ring (bicyclic) bond motifs is 1. The predicted octanol–water partition coefficient (Wildman–Crippen LogP) is 1.77. The van der Waals surface area contributed by atoms with E-state index >= 15 is 0 Å². The summed E-state index contributed by atoms with van der Waals surface area (Å²) in [5, 5.41) is 9.97. The van der Waals surface area contributed by atoms with Crippen LogP contribution in [0.4, 0.5) is 0 Å². The molecule has 0 radical (unpaired) electrons. The molecule has 0 aliphatic heterocycles. The van der Waals surface area contributed by atoms with Gasteiger partial charge in [0.05, 0.1) is 12.2 Å². The predicted molar refractivity (Wildman–Crippen MR) is 72.6 cm³/mol. The van der Waals surface area contributed by atoms with Gasteiger partial charge in [-0.3, -0.25) is 0 Å². The lowest BCUT2D eigenvalue weighted by Gasteiger charge is -2.15. The number of phenols is 1. The zero-order chi connectivity index (χ0) is 13.5. The molecule has 1 aromatic carbocycles. The van der Waals surface area contributed by atoms with Crippen molar-refractivity contribution >= 4 is 0 Å². The number of benzene rings is 1. The molecule has 0 bridgehead atoms. The number of rotatable bonds is 5. The van der Waals surface area contributed by atoms with Crippen molar-refractivity contribution in [2.45, 2.75) is 43.7 Å². The van der Waals surface area contributed by atoms with Crippen molar-refractivity contribution in [3.05, 3.63) is 23.3 Å². The van der Waals surface area contributed by atoms with Gasteiger partial charge in [-0.1, -0.05) is 0 Å². The third-order valence-electron chi connectivity index (χ3n) is 4.30. The molecule has 4 heteroatoms. The maximum Gasteiger partial charge on any atom is 0.161 e. The van der Waals surface area contributed by atoms with Gasteiger partial charge >= 0.3 is 0 Å². The minimum Gasteiger partial charge on any atom is -0.504 e. The Morgan fingerprint density at radius 2 is 2.00 bits per heavy atom. The molecule has 19 heavy (non-hydrogen) atoms. The number of ether oxygens (including phenoxy) is 2. The van der Waals surface area contributed by atoms with Crippen LogP contribution < -0.4 is 10.5 Å². The Kier molecular flexibility index (Phi) is 3.15. The molecule has 1 aromatic rings. The van der Waals surface area contributed by atoms with E-state index in [2.05, 4.69) is 0 Å². The Hall–Kier alpha value is -1.26. The van der Waals surface area contributed by atoms with Gasteiger partial charge in [0, 0.05) is 19.6 Å². The first-order valence-electron chi connectivity index (χ1n) is 6.90. The smallest absolute Gasteiger partial charge is 0.161 e. The lowest BCUT2D eigenvalue weighted by atomic mass is 10.1. The Morgan fingerprint density at radius 3 is 2.63 bits per heavy atom. The van der Waals surface area contributed by atoms with E-state index in [4.69, 9.17) is 15.2 Å². The first-order chi connectivity index (χ1) is 9.12. The summed E-state index contributed by atoms with van der Waals surface area (Å²) in [6, 6.07) is 3.90. The van der Waals surface area contributed by atoms with Crippen LogP contribution in [0.5, 0.6) is 11.5 Å². The summed E-state index contributed by atoms with van der Waals surface area (Å²) < 4.78 is 11.2. The van der Waals surface area contributed by atoms with Gasteiger partial charge in [-0.25, -0.2) is 0 Å². The van der Waals surface area contributed by atoms with E-state index in [0.717, 1.165) is 37.7 Å². The molecule has 1 unspecified atom stereocenters. The summed E-state index contributed by atoms with van der Waals surface area (Å²) in [5.74, 6) is 0.787. The van der Waals surface area contributed by atoms with E-state index in [1.54, 1.807) is 13.2 Å². The maximum absolute atomic E-state index is 9.97. The Balaban J connectivity index is 1.63. The summed E-state index contributed by atoms with van der Waals surface area (Å²) in [6.45, 7) is 0.576. The summed E-state index contributed by atoms with van der Waals surface area (Å²) in [5.41, 5.74) is 8.31. The fourth-order valence-electron chi connectivity index (χ4n) is 2.83. The van der Waals surface area contributed by atoms with Gasteiger partial charge in [0.2, 0.25) is 0 Å². The van der Waals surface area contributed by atoms with Crippen molar-refractivity contribution in [3.63, 3.8) is 0 Å². The van der Waals surface area contributed by atoms with Gasteiger partial charge in [0.1, 0.15) is 0 Å². The van der Waals surface area contributed by atoms with Crippen LogP contribution in [0.15, 0.2) is 12.1 Å². The monoisotopic (exact) mass is 263 g/mol.